The highest BCUT2D eigenvalue weighted by Gasteiger charge is 2.18. The van der Waals surface area contributed by atoms with Crippen molar-refractivity contribution in [3.63, 3.8) is 0 Å². The van der Waals surface area contributed by atoms with Gasteiger partial charge in [-0.2, -0.15) is 0 Å². The highest BCUT2D eigenvalue weighted by Crippen LogP contribution is 2.20. The van der Waals surface area contributed by atoms with Gasteiger partial charge in [-0.05, 0) is 67.1 Å². The molecule has 0 fully saturated rings. The molecule has 0 unspecified atom stereocenters. The van der Waals surface area contributed by atoms with Crippen LogP contribution in [0.2, 0.25) is 0 Å². The van der Waals surface area contributed by atoms with E-state index in [4.69, 9.17) is 4.74 Å². The highest BCUT2D eigenvalue weighted by atomic mass is 16.5. The van der Waals surface area contributed by atoms with Crippen molar-refractivity contribution in [2.45, 2.75) is 53.1 Å². The molecule has 3 heteroatoms. The number of anilines is 1. The Morgan fingerprint density at radius 1 is 1.04 bits per heavy atom. The molecule has 0 saturated carbocycles. The van der Waals surface area contributed by atoms with Gasteiger partial charge in [-0.1, -0.05) is 39.0 Å². The van der Waals surface area contributed by atoms with Crippen molar-refractivity contribution in [2.24, 2.45) is 0 Å². The Balaban J connectivity index is 2.03. The second kappa shape index (κ2) is 8.00. The number of benzene rings is 2. The standard InChI is InChI=1S/C21H27NO2/c1-6-20(24-19-12-7-15(4)16(5)13-19)21(23)22-18-10-8-17(9-11-18)14(2)3/h7-14,20H,6H2,1-5H3,(H,22,23)/t20-/m0/s1. The van der Waals surface area contributed by atoms with Crippen LogP contribution in [-0.2, 0) is 4.79 Å². The van der Waals surface area contributed by atoms with Crippen molar-refractivity contribution in [3.05, 3.63) is 59.2 Å². The second-order valence-corrected chi connectivity index (χ2v) is 6.53. The van der Waals surface area contributed by atoms with E-state index in [-0.39, 0.29) is 5.91 Å². The van der Waals surface area contributed by atoms with E-state index in [1.54, 1.807) is 0 Å². The minimum atomic E-state index is -0.503. The van der Waals surface area contributed by atoms with Gasteiger partial charge < -0.3 is 10.1 Å². The van der Waals surface area contributed by atoms with Crippen LogP contribution < -0.4 is 10.1 Å². The molecule has 1 N–H and O–H groups in total. The molecule has 0 aliphatic heterocycles. The quantitative estimate of drug-likeness (QED) is 0.790. The van der Waals surface area contributed by atoms with Crippen LogP contribution in [0.1, 0.15) is 49.8 Å². The molecule has 3 nitrogen and oxygen atoms in total. The molecule has 2 aromatic rings. The molecular weight excluding hydrogens is 298 g/mol. The predicted molar refractivity (Wildman–Crippen MR) is 99.8 cm³/mol. The molecule has 24 heavy (non-hydrogen) atoms. The summed E-state index contributed by atoms with van der Waals surface area (Å²) in [6.45, 7) is 10.4. The molecule has 0 aromatic heterocycles. The Hall–Kier alpha value is -2.29. The molecule has 0 spiro atoms. The van der Waals surface area contributed by atoms with E-state index in [1.165, 1.54) is 11.1 Å². The summed E-state index contributed by atoms with van der Waals surface area (Å²) in [6, 6.07) is 13.9. The van der Waals surface area contributed by atoms with E-state index in [9.17, 15) is 4.79 Å². The van der Waals surface area contributed by atoms with Crippen LogP contribution in [0, 0.1) is 13.8 Å². The largest absolute Gasteiger partial charge is 0.481 e. The lowest BCUT2D eigenvalue weighted by atomic mass is 10.0. The summed E-state index contributed by atoms with van der Waals surface area (Å²) in [4.78, 5) is 12.5. The summed E-state index contributed by atoms with van der Waals surface area (Å²) in [6.07, 6.45) is 0.111. The third-order valence-electron chi connectivity index (χ3n) is 4.26. The lowest BCUT2D eigenvalue weighted by Gasteiger charge is -2.18. The van der Waals surface area contributed by atoms with Crippen LogP contribution in [-0.4, -0.2) is 12.0 Å². The molecule has 0 aliphatic rings. The first-order chi connectivity index (χ1) is 11.4. The molecule has 0 aliphatic carbocycles. The van der Waals surface area contributed by atoms with Gasteiger partial charge in [0.2, 0.25) is 0 Å². The molecule has 0 heterocycles. The summed E-state index contributed by atoms with van der Waals surface area (Å²) in [7, 11) is 0. The molecule has 128 valence electrons. The zero-order chi connectivity index (χ0) is 17.7. The maximum absolute atomic E-state index is 12.5. The Morgan fingerprint density at radius 3 is 2.25 bits per heavy atom. The Labute approximate surface area is 145 Å². The Morgan fingerprint density at radius 2 is 1.71 bits per heavy atom. The highest BCUT2D eigenvalue weighted by molar-refractivity contribution is 5.94. The van der Waals surface area contributed by atoms with Gasteiger partial charge in [0.05, 0.1) is 0 Å². The third kappa shape index (κ3) is 4.60. The van der Waals surface area contributed by atoms with Gasteiger partial charge in [-0.15, -0.1) is 0 Å². The SMILES string of the molecule is CC[C@H](Oc1ccc(C)c(C)c1)C(=O)Nc1ccc(C(C)C)cc1. The predicted octanol–water partition coefficient (Wildman–Crippen LogP) is 5.22. The zero-order valence-electron chi connectivity index (χ0n) is 15.2. The average molecular weight is 325 g/mol. The van der Waals surface area contributed by atoms with Crippen LogP contribution in [0.15, 0.2) is 42.5 Å². The summed E-state index contributed by atoms with van der Waals surface area (Å²) in [5.74, 6) is 1.09. The van der Waals surface area contributed by atoms with Crippen molar-refractivity contribution < 1.29 is 9.53 Å². The van der Waals surface area contributed by atoms with Crippen LogP contribution in [0.5, 0.6) is 5.75 Å². The van der Waals surface area contributed by atoms with Gasteiger partial charge in [-0.25, -0.2) is 0 Å². The molecule has 2 rings (SSSR count). The summed E-state index contributed by atoms with van der Waals surface area (Å²) < 4.78 is 5.88. The Bertz CT molecular complexity index is 689. The maximum atomic E-state index is 12.5. The normalized spacial score (nSPS) is 12.1. The fourth-order valence-electron chi connectivity index (χ4n) is 2.45. The number of rotatable bonds is 6. The van der Waals surface area contributed by atoms with Gasteiger partial charge in [-0.3, -0.25) is 4.79 Å². The average Bonchev–Trinajstić information content (AvgIpc) is 2.56. The lowest BCUT2D eigenvalue weighted by molar-refractivity contribution is -0.122. The van der Waals surface area contributed by atoms with Crippen LogP contribution in [0.3, 0.4) is 0 Å². The fraction of sp³-hybridized carbons (Fsp3) is 0.381. The monoisotopic (exact) mass is 325 g/mol. The van der Waals surface area contributed by atoms with Crippen LogP contribution in [0.25, 0.3) is 0 Å². The lowest BCUT2D eigenvalue weighted by Crippen LogP contribution is -2.32. The van der Waals surface area contributed by atoms with Gasteiger partial charge in [0.15, 0.2) is 6.10 Å². The Kier molecular flexibility index (Phi) is 6.02. The number of carbonyl (C=O) groups is 1. The minimum Gasteiger partial charge on any atom is -0.481 e. The summed E-state index contributed by atoms with van der Waals surface area (Å²) in [5, 5.41) is 2.94. The first kappa shape index (κ1) is 18.1. The number of aryl methyl sites for hydroxylation is 2. The number of hydrogen-bond acceptors (Lipinski definition) is 2. The van der Waals surface area contributed by atoms with E-state index >= 15 is 0 Å². The molecular formula is C21H27NO2. The van der Waals surface area contributed by atoms with Crippen molar-refractivity contribution in [1.29, 1.82) is 0 Å². The third-order valence-corrected chi connectivity index (χ3v) is 4.26. The van der Waals surface area contributed by atoms with E-state index in [2.05, 4.69) is 26.1 Å². The van der Waals surface area contributed by atoms with E-state index in [0.717, 1.165) is 17.0 Å². The smallest absolute Gasteiger partial charge is 0.265 e. The number of nitrogens with one attached hydrogen (secondary N) is 1. The molecule has 0 radical (unpaired) electrons. The summed E-state index contributed by atoms with van der Waals surface area (Å²) >= 11 is 0. The van der Waals surface area contributed by atoms with Gasteiger partial charge in [0, 0.05) is 5.69 Å². The first-order valence-corrected chi connectivity index (χ1v) is 8.55. The second-order valence-electron chi connectivity index (χ2n) is 6.53. The van der Waals surface area contributed by atoms with Gasteiger partial charge in [0.25, 0.3) is 5.91 Å². The van der Waals surface area contributed by atoms with E-state index < -0.39 is 6.10 Å². The first-order valence-electron chi connectivity index (χ1n) is 8.55. The van der Waals surface area contributed by atoms with Crippen LogP contribution >= 0.6 is 0 Å². The fourth-order valence-corrected chi connectivity index (χ4v) is 2.45. The minimum absolute atomic E-state index is 0.118. The van der Waals surface area contributed by atoms with Crippen molar-refractivity contribution >= 4 is 11.6 Å². The molecule has 0 bridgehead atoms. The van der Waals surface area contributed by atoms with Crippen molar-refractivity contribution in [1.82, 2.24) is 0 Å². The number of ether oxygens (including phenoxy) is 1. The number of hydrogen-bond donors (Lipinski definition) is 1. The van der Waals surface area contributed by atoms with Crippen molar-refractivity contribution in [3.8, 4) is 5.75 Å². The van der Waals surface area contributed by atoms with E-state index in [0.29, 0.717) is 12.3 Å². The number of carbonyl (C=O) groups excluding carboxylic acids is 1. The maximum Gasteiger partial charge on any atom is 0.265 e. The number of amides is 1. The molecule has 1 atom stereocenters. The van der Waals surface area contributed by atoms with E-state index in [1.807, 2.05) is 56.3 Å². The zero-order valence-corrected chi connectivity index (χ0v) is 15.2. The molecule has 1 amide bonds. The molecule has 2 aromatic carbocycles. The summed E-state index contributed by atoms with van der Waals surface area (Å²) in [5.41, 5.74) is 4.43. The van der Waals surface area contributed by atoms with Gasteiger partial charge >= 0.3 is 0 Å². The van der Waals surface area contributed by atoms with Crippen LogP contribution in [0.4, 0.5) is 5.69 Å². The van der Waals surface area contributed by atoms with Crippen molar-refractivity contribution in [2.75, 3.05) is 5.32 Å². The topological polar surface area (TPSA) is 38.3 Å². The van der Waals surface area contributed by atoms with Gasteiger partial charge in [0.1, 0.15) is 5.75 Å². The molecule has 0 saturated heterocycles.